The number of amides is 1. The maximum Gasteiger partial charge on any atom is 0.470 e. The third-order valence-corrected chi connectivity index (χ3v) is 8.20. The van der Waals surface area contributed by atoms with Crippen LogP contribution in [0.1, 0.15) is 128 Å². The fraction of sp³-hybridized carbons (Fsp3) is 0.788. The zero-order chi connectivity index (χ0) is 31.1. The van der Waals surface area contributed by atoms with Gasteiger partial charge in [-0.15, -0.1) is 0 Å². The molecule has 0 fully saturated rings. The molecule has 0 aliphatic rings. The van der Waals surface area contributed by atoms with Crippen molar-refractivity contribution in [3.05, 3.63) is 29.8 Å². The molecule has 0 aliphatic carbocycles. The van der Waals surface area contributed by atoms with E-state index in [-0.39, 0.29) is 5.91 Å². The average Bonchev–Trinajstić information content (AvgIpc) is 2.90. The van der Waals surface area contributed by atoms with E-state index >= 15 is 0 Å². The molecule has 1 aromatic carbocycles. The van der Waals surface area contributed by atoms with E-state index in [1.165, 1.54) is 95.5 Å². The highest BCUT2D eigenvalue weighted by atomic mass is 31.2. The summed E-state index contributed by atoms with van der Waals surface area (Å²) in [6, 6.07) is 8.25. The SMILES string of the molecule is C[N+](C)(C)CC(CCCCCCCCCCCCCCCCCCc1ccc(NC(=O)CCCN)cc1)OP(=O)(O)O. The Morgan fingerprint density at radius 2 is 1.24 bits per heavy atom. The summed E-state index contributed by atoms with van der Waals surface area (Å²) >= 11 is 0. The molecule has 244 valence electrons. The molecule has 5 N–H and O–H groups in total. The Morgan fingerprint density at radius 3 is 1.67 bits per heavy atom. The predicted octanol–water partition coefficient (Wildman–Crippen LogP) is 7.72. The minimum absolute atomic E-state index is 0.0331. The first kappa shape index (κ1) is 38.7. The number of hydrogen-bond acceptors (Lipinski definition) is 4. The lowest BCUT2D eigenvalue weighted by molar-refractivity contribution is -0.873. The molecule has 0 radical (unpaired) electrons. The number of phosphoric ester groups is 1. The van der Waals surface area contributed by atoms with Gasteiger partial charge < -0.3 is 25.3 Å². The highest BCUT2D eigenvalue weighted by molar-refractivity contribution is 7.46. The number of aryl methyl sites for hydroxylation is 1. The number of phosphoric acid groups is 1. The summed E-state index contributed by atoms with van der Waals surface area (Å²) in [4.78, 5) is 30.1. The van der Waals surface area contributed by atoms with Gasteiger partial charge >= 0.3 is 7.82 Å². The maximum absolute atomic E-state index is 11.8. The average molecular weight is 613 g/mol. The second-order valence-electron chi connectivity index (χ2n) is 13.0. The van der Waals surface area contributed by atoms with E-state index in [1.54, 1.807) is 0 Å². The van der Waals surface area contributed by atoms with Crippen LogP contribution < -0.4 is 11.1 Å². The smallest absolute Gasteiger partial charge is 0.330 e. The molecule has 0 aromatic heterocycles. The molecule has 1 atom stereocenters. The van der Waals surface area contributed by atoms with E-state index in [0.717, 1.165) is 31.4 Å². The second kappa shape index (κ2) is 23.1. The minimum Gasteiger partial charge on any atom is -0.330 e. The van der Waals surface area contributed by atoms with E-state index in [1.807, 2.05) is 33.3 Å². The van der Waals surface area contributed by atoms with Gasteiger partial charge in [-0.1, -0.05) is 108 Å². The summed E-state index contributed by atoms with van der Waals surface area (Å²) < 4.78 is 16.9. The number of carbonyl (C=O) groups excluding carboxylic acids is 1. The molecule has 42 heavy (non-hydrogen) atoms. The van der Waals surface area contributed by atoms with E-state index in [0.29, 0.717) is 30.4 Å². The van der Waals surface area contributed by atoms with Crippen LogP contribution in [-0.4, -0.2) is 60.5 Å². The number of benzene rings is 1. The van der Waals surface area contributed by atoms with Gasteiger partial charge in [0.25, 0.3) is 0 Å². The Morgan fingerprint density at radius 1 is 0.786 bits per heavy atom. The quantitative estimate of drug-likeness (QED) is 0.0458. The number of nitrogens with two attached hydrogens (primary N) is 1. The molecule has 0 heterocycles. The molecule has 1 rings (SSSR count). The van der Waals surface area contributed by atoms with Gasteiger partial charge in [-0.05, 0) is 49.9 Å². The summed E-state index contributed by atoms with van der Waals surface area (Å²) in [6.07, 6.45) is 23.0. The fourth-order valence-corrected chi connectivity index (χ4v) is 5.96. The van der Waals surface area contributed by atoms with Gasteiger partial charge in [-0.3, -0.25) is 9.32 Å². The molecule has 0 aliphatic heterocycles. The molecule has 0 saturated carbocycles. The highest BCUT2D eigenvalue weighted by Crippen LogP contribution is 2.39. The molecule has 1 aromatic rings. The molecular weight excluding hydrogens is 549 g/mol. The summed E-state index contributed by atoms with van der Waals surface area (Å²) in [5.41, 5.74) is 7.66. The van der Waals surface area contributed by atoms with Crippen molar-refractivity contribution < 1.29 is 28.2 Å². The van der Waals surface area contributed by atoms with Crippen LogP contribution in [0.4, 0.5) is 5.69 Å². The number of nitrogens with one attached hydrogen (secondary N) is 1. The second-order valence-corrected chi connectivity index (χ2v) is 14.2. The number of quaternary nitrogens is 1. The van der Waals surface area contributed by atoms with Gasteiger partial charge in [0.1, 0.15) is 12.6 Å². The van der Waals surface area contributed by atoms with Crippen molar-refractivity contribution in [3.8, 4) is 0 Å². The van der Waals surface area contributed by atoms with Crippen molar-refractivity contribution in [3.63, 3.8) is 0 Å². The molecule has 0 spiro atoms. The normalized spacial score (nSPS) is 12.9. The summed E-state index contributed by atoms with van der Waals surface area (Å²) in [7, 11) is 1.60. The lowest BCUT2D eigenvalue weighted by atomic mass is 10.0. The number of nitrogens with zero attached hydrogens (tertiary/aromatic N) is 1. The Balaban J connectivity index is 1.89. The van der Waals surface area contributed by atoms with Gasteiger partial charge in [-0.25, -0.2) is 4.57 Å². The molecule has 0 saturated heterocycles. The minimum atomic E-state index is -4.44. The van der Waals surface area contributed by atoms with Crippen molar-refractivity contribution in [2.75, 3.05) is 39.5 Å². The molecule has 0 bridgehead atoms. The van der Waals surface area contributed by atoms with E-state index in [4.69, 9.17) is 10.3 Å². The first-order valence-corrected chi connectivity index (χ1v) is 18.1. The molecule has 1 unspecified atom stereocenters. The third kappa shape index (κ3) is 24.2. The summed E-state index contributed by atoms with van der Waals surface area (Å²) in [6.45, 7) is 1.14. The van der Waals surface area contributed by atoms with Crippen LogP contribution >= 0.6 is 7.82 Å². The van der Waals surface area contributed by atoms with Crippen LogP contribution in [0.3, 0.4) is 0 Å². The van der Waals surface area contributed by atoms with Crippen molar-refractivity contribution in [1.82, 2.24) is 0 Å². The van der Waals surface area contributed by atoms with Gasteiger partial charge in [0, 0.05) is 12.1 Å². The number of likely N-dealkylation sites (N-methyl/N-ethyl adjacent to an activating group) is 1. The zero-order valence-electron chi connectivity index (χ0n) is 27.0. The maximum atomic E-state index is 11.8. The number of carbonyl (C=O) groups is 1. The lowest BCUT2D eigenvalue weighted by Gasteiger charge is -2.29. The zero-order valence-corrected chi connectivity index (χ0v) is 27.9. The van der Waals surface area contributed by atoms with E-state index in [2.05, 4.69) is 17.4 Å². The molecule has 9 heteroatoms. The molecular formula is C33H63N3O5P+. The fourth-order valence-electron chi connectivity index (χ4n) is 5.40. The first-order valence-electron chi connectivity index (χ1n) is 16.6. The summed E-state index contributed by atoms with van der Waals surface area (Å²) in [5.74, 6) is 0.0331. The topological polar surface area (TPSA) is 122 Å². The van der Waals surface area contributed by atoms with Gasteiger partial charge in [0.05, 0.1) is 21.1 Å². The monoisotopic (exact) mass is 612 g/mol. The van der Waals surface area contributed by atoms with Crippen LogP contribution in [0.25, 0.3) is 0 Å². The molecule has 8 nitrogen and oxygen atoms in total. The number of rotatable bonds is 27. The highest BCUT2D eigenvalue weighted by Gasteiger charge is 2.26. The Labute approximate surface area is 257 Å². The standard InChI is InChI=1S/C33H62N3O5P/c1-36(2,3)29-32(41-42(38,39)40)22-19-17-15-13-11-9-7-5-4-6-8-10-12-14-16-18-21-30-24-26-31(27-25-30)35-33(37)23-20-28-34/h24-27,32H,4-23,28-29,34H2,1-3H3,(H2-,35,37,38,39,40)/p+1. The Bertz CT molecular complexity index is 854. The molecule has 1 amide bonds. The van der Waals surface area contributed by atoms with Crippen LogP contribution in [0.2, 0.25) is 0 Å². The van der Waals surface area contributed by atoms with Crippen LogP contribution in [0.5, 0.6) is 0 Å². The van der Waals surface area contributed by atoms with Crippen LogP contribution in [0.15, 0.2) is 24.3 Å². The third-order valence-electron chi connectivity index (χ3n) is 7.62. The largest absolute Gasteiger partial charge is 0.470 e. The van der Waals surface area contributed by atoms with Gasteiger partial charge in [-0.2, -0.15) is 0 Å². The number of unbranched alkanes of at least 4 members (excludes halogenated alkanes) is 15. The lowest BCUT2D eigenvalue weighted by Crippen LogP contribution is -2.42. The summed E-state index contributed by atoms with van der Waals surface area (Å²) in [5, 5.41) is 2.93. The van der Waals surface area contributed by atoms with Crippen molar-refractivity contribution in [2.45, 2.75) is 135 Å². The number of hydrogen-bond donors (Lipinski definition) is 4. The van der Waals surface area contributed by atoms with Crippen LogP contribution in [0, 0.1) is 0 Å². The first-order chi connectivity index (χ1) is 20.0. The van der Waals surface area contributed by atoms with Crippen molar-refractivity contribution >= 4 is 19.4 Å². The van der Waals surface area contributed by atoms with Gasteiger partial charge in [0.2, 0.25) is 5.91 Å². The van der Waals surface area contributed by atoms with Crippen molar-refractivity contribution in [2.24, 2.45) is 5.73 Å². The Kier molecular flexibility index (Phi) is 21.4. The van der Waals surface area contributed by atoms with Crippen molar-refractivity contribution in [1.29, 1.82) is 0 Å². The van der Waals surface area contributed by atoms with Crippen LogP contribution in [-0.2, 0) is 20.3 Å². The predicted molar refractivity (Wildman–Crippen MR) is 175 cm³/mol. The number of anilines is 1. The van der Waals surface area contributed by atoms with Gasteiger partial charge in [0.15, 0.2) is 0 Å². The van der Waals surface area contributed by atoms with E-state index < -0.39 is 13.9 Å². The Hall–Kier alpha value is -1.28. The van der Waals surface area contributed by atoms with E-state index in [9.17, 15) is 19.1 Å².